The summed E-state index contributed by atoms with van der Waals surface area (Å²) in [5.74, 6) is 0.179. The van der Waals surface area contributed by atoms with Crippen molar-refractivity contribution in [3.05, 3.63) is 52.1 Å². The van der Waals surface area contributed by atoms with Gasteiger partial charge in [0.2, 0.25) is 0 Å². The minimum absolute atomic E-state index is 0.0405. The first-order chi connectivity index (χ1) is 15.0. The SMILES string of the molecule is O=C(O)c1ccn(C(=O)N2C[C@H]3CC(Oc4cccc(-c5cscn5)c4Cl)C[C@H]3C2)n1. The number of carbonyl (C=O) groups is 2. The molecule has 1 aromatic carbocycles. The zero-order valence-corrected chi connectivity index (χ0v) is 17.9. The molecule has 2 aliphatic rings. The number of hydrogen-bond donors (Lipinski definition) is 1. The number of aromatic carboxylic acids is 1. The van der Waals surface area contributed by atoms with Crippen molar-refractivity contribution in [2.24, 2.45) is 11.8 Å². The van der Waals surface area contributed by atoms with Gasteiger partial charge in [-0.1, -0.05) is 23.7 Å². The molecule has 3 aromatic rings. The van der Waals surface area contributed by atoms with Gasteiger partial charge in [-0.05, 0) is 36.8 Å². The van der Waals surface area contributed by atoms with Gasteiger partial charge in [-0.15, -0.1) is 11.3 Å². The number of ether oxygens (including phenoxy) is 1. The molecule has 1 amide bonds. The van der Waals surface area contributed by atoms with Gasteiger partial charge in [0, 0.05) is 30.2 Å². The molecule has 1 saturated carbocycles. The molecule has 1 unspecified atom stereocenters. The molecular weight excluding hydrogens is 440 g/mol. The van der Waals surface area contributed by atoms with Crippen LogP contribution in [0.25, 0.3) is 11.3 Å². The summed E-state index contributed by atoms with van der Waals surface area (Å²) in [6, 6.07) is 6.76. The summed E-state index contributed by atoms with van der Waals surface area (Å²) in [7, 11) is 0. The third kappa shape index (κ3) is 3.79. The summed E-state index contributed by atoms with van der Waals surface area (Å²) in [5.41, 5.74) is 3.33. The number of thiazole rings is 1. The zero-order chi connectivity index (χ0) is 21.5. The standard InChI is InChI=1S/C21H19ClN4O4S/c22-19-15(17-10-31-11-23-17)2-1-3-18(19)30-14-6-12-8-25(9-13(12)7-14)21(29)26-5-4-16(24-26)20(27)28/h1-5,10-14H,6-9H2,(H,27,28)/t12-,13+,14?. The van der Waals surface area contributed by atoms with E-state index < -0.39 is 5.97 Å². The molecule has 1 N–H and O–H groups in total. The second-order valence-corrected chi connectivity index (χ2v) is 8.96. The molecule has 8 nitrogen and oxygen atoms in total. The van der Waals surface area contributed by atoms with Crippen LogP contribution in [0.15, 0.2) is 41.4 Å². The van der Waals surface area contributed by atoms with Crippen molar-refractivity contribution < 1.29 is 19.4 Å². The van der Waals surface area contributed by atoms with Crippen LogP contribution in [0.3, 0.4) is 0 Å². The van der Waals surface area contributed by atoms with E-state index in [1.54, 1.807) is 10.4 Å². The van der Waals surface area contributed by atoms with Crippen LogP contribution in [0.1, 0.15) is 23.3 Å². The van der Waals surface area contributed by atoms with Gasteiger partial charge < -0.3 is 14.7 Å². The fraction of sp³-hybridized carbons (Fsp3) is 0.333. The summed E-state index contributed by atoms with van der Waals surface area (Å²) < 4.78 is 7.35. The number of fused-ring (bicyclic) bond motifs is 1. The van der Waals surface area contributed by atoms with Crippen molar-refractivity contribution in [2.75, 3.05) is 13.1 Å². The molecule has 1 saturated heterocycles. The quantitative estimate of drug-likeness (QED) is 0.631. The summed E-state index contributed by atoms with van der Waals surface area (Å²) >= 11 is 8.11. The van der Waals surface area contributed by atoms with Gasteiger partial charge >= 0.3 is 12.0 Å². The number of amides is 1. The number of carboxylic acid groups (broad SMARTS) is 1. The lowest BCUT2D eigenvalue weighted by Crippen LogP contribution is -2.34. The van der Waals surface area contributed by atoms with Crippen molar-refractivity contribution in [3.63, 3.8) is 0 Å². The molecule has 160 valence electrons. The normalized spacial score (nSPS) is 22.5. The van der Waals surface area contributed by atoms with E-state index in [0.717, 1.165) is 28.8 Å². The highest BCUT2D eigenvalue weighted by molar-refractivity contribution is 7.07. The van der Waals surface area contributed by atoms with Crippen molar-refractivity contribution in [1.29, 1.82) is 0 Å². The Kier molecular flexibility index (Phi) is 5.15. The monoisotopic (exact) mass is 458 g/mol. The smallest absolute Gasteiger partial charge is 0.356 e. The Morgan fingerprint density at radius 3 is 2.61 bits per heavy atom. The highest BCUT2D eigenvalue weighted by atomic mass is 35.5. The Hall–Kier alpha value is -2.91. The maximum Gasteiger partial charge on any atom is 0.356 e. The number of aromatic nitrogens is 3. The third-order valence-corrected chi connectivity index (χ3v) is 6.92. The predicted octanol–water partition coefficient (Wildman–Crippen LogP) is 4.12. The molecule has 3 atom stereocenters. The second kappa shape index (κ2) is 7.97. The number of carbonyl (C=O) groups excluding carboxylic acids is 1. The van der Waals surface area contributed by atoms with Gasteiger partial charge in [0.05, 0.1) is 22.3 Å². The minimum Gasteiger partial charge on any atom is -0.489 e. The van der Waals surface area contributed by atoms with E-state index in [1.165, 1.54) is 23.6 Å². The Bertz CT molecular complexity index is 1120. The summed E-state index contributed by atoms with van der Waals surface area (Å²) in [5, 5.41) is 15.3. The molecule has 1 aliphatic carbocycles. The molecule has 3 heterocycles. The van der Waals surface area contributed by atoms with E-state index in [4.69, 9.17) is 21.4 Å². The van der Waals surface area contributed by atoms with E-state index in [-0.39, 0.29) is 17.8 Å². The third-order valence-electron chi connectivity index (χ3n) is 5.95. The predicted molar refractivity (Wildman–Crippen MR) is 115 cm³/mol. The van der Waals surface area contributed by atoms with Crippen molar-refractivity contribution >= 4 is 34.9 Å². The van der Waals surface area contributed by atoms with Crippen LogP contribution in [0, 0.1) is 11.8 Å². The topological polar surface area (TPSA) is 97.5 Å². The first-order valence-electron chi connectivity index (χ1n) is 9.91. The van der Waals surface area contributed by atoms with Crippen LogP contribution in [0.2, 0.25) is 5.02 Å². The van der Waals surface area contributed by atoms with Crippen LogP contribution in [-0.4, -0.2) is 56.0 Å². The fourth-order valence-corrected chi connectivity index (χ4v) is 5.33. The zero-order valence-electron chi connectivity index (χ0n) is 16.3. The molecule has 0 spiro atoms. The lowest BCUT2D eigenvalue weighted by Gasteiger charge is -2.20. The number of halogens is 1. The van der Waals surface area contributed by atoms with Crippen molar-refractivity contribution in [2.45, 2.75) is 18.9 Å². The molecule has 0 radical (unpaired) electrons. The first kappa shape index (κ1) is 20.0. The number of rotatable bonds is 4. The first-order valence-corrected chi connectivity index (χ1v) is 11.2. The molecular formula is C21H19ClN4O4S. The van der Waals surface area contributed by atoms with Crippen LogP contribution in [0.4, 0.5) is 4.79 Å². The maximum atomic E-state index is 12.7. The second-order valence-electron chi connectivity index (χ2n) is 7.86. The summed E-state index contributed by atoms with van der Waals surface area (Å²) in [6.45, 7) is 1.22. The number of likely N-dealkylation sites (tertiary alicyclic amines) is 1. The van der Waals surface area contributed by atoms with Crippen LogP contribution in [0.5, 0.6) is 5.75 Å². The van der Waals surface area contributed by atoms with Gasteiger partial charge in [0.25, 0.3) is 0 Å². The van der Waals surface area contributed by atoms with E-state index in [2.05, 4.69) is 10.1 Å². The van der Waals surface area contributed by atoms with Crippen molar-refractivity contribution in [1.82, 2.24) is 19.7 Å². The number of nitrogens with zero attached hydrogens (tertiary/aromatic N) is 4. The maximum absolute atomic E-state index is 12.7. The molecule has 10 heteroatoms. The van der Waals surface area contributed by atoms with E-state index >= 15 is 0 Å². The van der Waals surface area contributed by atoms with Crippen molar-refractivity contribution in [3.8, 4) is 17.0 Å². The van der Waals surface area contributed by atoms with Gasteiger partial charge in [0.1, 0.15) is 5.75 Å². The Balaban J connectivity index is 1.22. The lowest BCUT2D eigenvalue weighted by molar-refractivity contribution is 0.0690. The van der Waals surface area contributed by atoms with Crippen LogP contribution < -0.4 is 4.74 Å². The number of benzene rings is 1. The Morgan fingerprint density at radius 1 is 1.19 bits per heavy atom. The van der Waals surface area contributed by atoms with Gasteiger partial charge in [-0.3, -0.25) is 0 Å². The average Bonchev–Trinajstić information content (AvgIpc) is 3.52. The Morgan fingerprint density at radius 2 is 1.97 bits per heavy atom. The van der Waals surface area contributed by atoms with Crippen LogP contribution >= 0.6 is 22.9 Å². The van der Waals surface area contributed by atoms with E-state index in [9.17, 15) is 9.59 Å². The molecule has 31 heavy (non-hydrogen) atoms. The highest BCUT2D eigenvalue weighted by Crippen LogP contribution is 2.42. The highest BCUT2D eigenvalue weighted by Gasteiger charge is 2.44. The number of carboxylic acids is 1. The van der Waals surface area contributed by atoms with Gasteiger partial charge in [-0.2, -0.15) is 9.78 Å². The molecule has 5 rings (SSSR count). The Labute approximate surface area is 187 Å². The van der Waals surface area contributed by atoms with Gasteiger partial charge in [-0.25, -0.2) is 14.6 Å². The largest absolute Gasteiger partial charge is 0.489 e. The van der Waals surface area contributed by atoms with E-state index in [1.807, 2.05) is 23.6 Å². The lowest BCUT2D eigenvalue weighted by atomic mass is 10.0. The van der Waals surface area contributed by atoms with Gasteiger partial charge in [0.15, 0.2) is 5.69 Å². The number of hydrogen-bond acceptors (Lipinski definition) is 6. The van der Waals surface area contributed by atoms with E-state index in [0.29, 0.717) is 35.7 Å². The molecule has 2 aromatic heterocycles. The van der Waals surface area contributed by atoms with Crippen LogP contribution in [-0.2, 0) is 0 Å². The minimum atomic E-state index is -1.15. The summed E-state index contributed by atoms with van der Waals surface area (Å²) in [4.78, 5) is 29.7. The molecule has 1 aliphatic heterocycles. The average molecular weight is 459 g/mol. The summed E-state index contributed by atoms with van der Waals surface area (Å²) in [6.07, 6.45) is 3.11. The fourth-order valence-electron chi connectivity index (χ4n) is 4.51. The molecule has 2 fully saturated rings. The molecule has 0 bridgehead atoms.